The quantitative estimate of drug-likeness (QED) is 0.0947. The minimum atomic E-state index is -0.679. The number of rotatable bonds is 18. The molecule has 0 aromatic heterocycles. The lowest BCUT2D eigenvalue weighted by Gasteiger charge is -2.24. The zero-order valence-corrected chi connectivity index (χ0v) is 31.6. The number of nitrogens with zero attached hydrogens (tertiary/aromatic N) is 2. The molecule has 0 saturated carbocycles. The van der Waals surface area contributed by atoms with Crippen LogP contribution in [0.1, 0.15) is 73.4 Å². The molecule has 0 amide bonds. The molecule has 8 nitrogen and oxygen atoms in total. The molecule has 0 aliphatic carbocycles. The number of benzene rings is 4. The average molecular weight is 707 g/mol. The zero-order chi connectivity index (χ0) is 37.3. The van der Waals surface area contributed by atoms with Crippen molar-refractivity contribution < 1.29 is 28.5 Å². The van der Waals surface area contributed by atoms with E-state index in [1.54, 1.807) is 0 Å². The largest absolute Gasteiger partial charge is 0.507 e. The van der Waals surface area contributed by atoms with E-state index in [1.165, 1.54) is 36.7 Å². The highest BCUT2D eigenvalue weighted by Crippen LogP contribution is 2.34. The van der Waals surface area contributed by atoms with Gasteiger partial charge in [0, 0.05) is 56.3 Å². The summed E-state index contributed by atoms with van der Waals surface area (Å²) in [7, 11) is 2.61. The first-order valence-electron chi connectivity index (χ1n) is 18.3. The molecule has 0 heterocycles. The van der Waals surface area contributed by atoms with Gasteiger partial charge >= 0.3 is 12.3 Å². The van der Waals surface area contributed by atoms with E-state index in [2.05, 4.69) is 150 Å². The van der Waals surface area contributed by atoms with E-state index in [0.29, 0.717) is 12.8 Å². The fourth-order valence-corrected chi connectivity index (χ4v) is 6.44. The van der Waals surface area contributed by atoms with Gasteiger partial charge in [-0.05, 0) is 97.3 Å². The lowest BCUT2D eigenvalue weighted by atomic mass is 9.86. The summed E-state index contributed by atoms with van der Waals surface area (Å²) in [4.78, 5) is 27.6. The lowest BCUT2D eigenvalue weighted by Crippen LogP contribution is -2.21. The van der Waals surface area contributed by atoms with Gasteiger partial charge in [0.25, 0.3) is 0 Å². The van der Waals surface area contributed by atoms with Crippen LogP contribution in [0.2, 0.25) is 0 Å². The molecule has 0 radical (unpaired) electrons. The molecule has 0 spiro atoms. The molecule has 0 N–H and O–H groups in total. The zero-order valence-electron chi connectivity index (χ0n) is 31.6. The van der Waals surface area contributed by atoms with Crippen LogP contribution < -0.4 is 9.80 Å². The molecule has 8 heteroatoms. The Hall–Kier alpha value is -5.24. The lowest BCUT2D eigenvalue weighted by molar-refractivity contribution is 0.0727. The van der Waals surface area contributed by atoms with Gasteiger partial charge in [0.05, 0.1) is 27.4 Å². The second-order valence-corrected chi connectivity index (χ2v) is 12.4. The van der Waals surface area contributed by atoms with E-state index in [9.17, 15) is 9.59 Å². The third-order valence-electron chi connectivity index (χ3n) is 9.49. The van der Waals surface area contributed by atoms with Crippen molar-refractivity contribution in [1.29, 1.82) is 0 Å². The molecule has 4 aromatic carbocycles. The molecule has 0 aliphatic heterocycles. The maximum absolute atomic E-state index is 11.4. The van der Waals surface area contributed by atoms with Crippen molar-refractivity contribution in [3.8, 4) is 0 Å². The molecule has 52 heavy (non-hydrogen) atoms. The minimum Gasteiger partial charge on any atom is -0.438 e. The smallest absolute Gasteiger partial charge is 0.438 e. The molecule has 0 atom stereocenters. The van der Waals surface area contributed by atoms with Crippen molar-refractivity contribution >= 4 is 29.3 Å². The molecule has 0 unspecified atom stereocenters. The molecule has 4 rings (SSSR count). The van der Waals surface area contributed by atoms with Gasteiger partial charge in [0.15, 0.2) is 0 Å². The predicted octanol–water partition coefficient (Wildman–Crippen LogP) is 9.68. The molecule has 0 saturated heterocycles. The minimum absolute atomic E-state index is 0.135. The highest BCUT2D eigenvalue weighted by molar-refractivity contribution is 5.80. The van der Waals surface area contributed by atoms with Crippen LogP contribution in [0.15, 0.2) is 103 Å². The second kappa shape index (κ2) is 20.6. The first kappa shape index (κ1) is 39.5. The first-order chi connectivity index (χ1) is 25.3. The van der Waals surface area contributed by atoms with E-state index >= 15 is 0 Å². The Morgan fingerprint density at radius 2 is 0.923 bits per heavy atom. The van der Waals surface area contributed by atoms with Crippen LogP contribution in [-0.2, 0) is 31.8 Å². The van der Waals surface area contributed by atoms with Crippen molar-refractivity contribution in [3.05, 3.63) is 137 Å². The van der Waals surface area contributed by atoms with E-state index in [1.807, 2.05) is 0 Å². The summed E-state index contributed by atoms with van der Waals surface area (Å²) < 4.78 is 19.4. The summed E-state index contributed by atoms with van der Waals surface area (Å²) in [5.41, 5.74) is 10.4. The van der Waals surface area contributed by atoms with Crippen molar-refractivity contribution in [2.24, 2.45) is 0 Å². The third kappa shape index (κ3) is 11.1. The Balaban J connectivity index is 1.70. The number of anilines is 2. The van der Waals surface area contributed by atoms with Crippen molar-refractivity contribution in [2.45, 2.75) is 52.9 Å². The van der Waals surface area contributed by atoms with Gasteiger partial charge in [-0.25, -0.2) is 9.59 Å². The van der Waals surface area contributed by atoms with Crippen molar-refractivity contribution in [2.75, 3.05) is 63.4 Å². The summed E-state index contributed by atoms with van der Waals surface area (Å²) in [6.45, 7) is 13.1. The van der Waals surface area contributed by atoms with E-state index < -0.39 is 12.3 Å². The van der Waals surface area contributed by atoms with Gasteiger partial charge in [-0.1, -0.05) is 78.9 Å². The van der Waals surface area contributed by atoms with E-state index in [4.69, 9.17) is 9.47 Å². The van der Waals surface area contributed by atoms with Crippen LogP contribution >= 0.6 is 0 Å². The number of methoxy groups -OCH3 is 2. The number of ether oxygens (including phenoxy) is 4. The Morgan fingerprint density at radius 1 is 0.558 bits per heavy atom. The summed E-state index contributed by atoms with van der Waals surface area (Å²) >= 11 is 0. The van der Waals surface area contributed by atoms with Gasteiger partial charge in [-0.2, -0.15) is 0 Å². The topological polar surface area (TPSA) is 77.5 Å². The standard InChI is InChI=1S/C44H54N2O6/c1-7-45(8-2)39-23-19-37(20-24-39)42(38-21-25-40(26-22-38)46(9-3)10-4)28-27-41(35-15-11-33(12-16-35)29-31-51-43(47)49-5)36-17-13-34(14-18-36)30-32-52-44(48)50-6/h11-27,42H,7-10,28-32H2,1-6H3. The summed E-state index contributed by atoms with van der Waals surface area (Å²) in [6.07, 6.45) is 2.96. The van der Waals surface area contributed by atoms with Gasteiger partial charge in [0.2, 0.25) is 0 Å². The summed E-state index contributed by atoms with van der Waals surface area (Å²) in [5, 5.41) is 0. The van der Waals surface area contributed by atoms with Crippen molar-refractivity contribution in [1.82, 2.24) is 0 Å². The number of allylic oxidation sites excluding steroid dienone is 1. The predicted molar refractivity (Wildman–Crippen MR) is 211 cm³/mol. The molecular formula is C44H54N2O6. The number of hydrogen-bond acceptors (Lipinski definition) is 8. The molecule has 0 fully saturated rings. The molecule has 0 aliphatic rings. The monoisotopic (exact) mass is 706 g/mol. The summed E-state index contributed by atoms with van der Waals surface area (Å²) in [5.74, 6) is 0.135. The van der Waals surface area contributed by atoms with Gasteiger partial charge < -0.3 is 28.7 Å². The van der Waals surface area contributed by atoms with Crippen LogP contribution in [0.5, 0.6) is 0 Å². The van der Waals surface area contributed by atoms with Crippen molar-refractivity contribution in [3.63, 3.8) is 0 Å². The van der Waals surface area contributed by atoms with E-state index in [0.717, 1.165) is 60.4 Å². The Labute approximate surface area is 310 Å². The van der Waals surface area contributed by atoms with Gasteiger partial charge in [-0.15, -0.1) is 0 Å². The third-order valence-corrected chi connectivity index (χ3v) is 9.49. The van der Waals surface area contributed by atoms with Crippen LogP contribution in [0.3, 0.4) is 0 Å². The first-order valence-corrected chi connectivity index (χ1v) is 18.3. The highest BCUT2D eigenvalue weighted by atomic mass is 16.7. The number of hydrogen-bond donors (Lipinski definition) is 0. The average Bonchev–Trinajstić information content (AvgIpc) is 3.19. The normalized spacial score (nSPS) is 10.8. The second-order valence-electron chi connectivity index (χ2n) is 12.4. The van der Waals surface area contributed by atoms with Crippen LogP contribution in [0.4, 0.5) is 21.0 Å². The molecule has 4 aromatic rings. The van der Waals surface area contributed by atoms with Gasteiger partial charge in [-0.3, -0.25) is 0 Å². The maximum Gasteiger partial charge on any atom is 0.507 e. The number of carbonyl (C=O) groups is 2. The van der Waals surface area contributed by atoms with E-state index in [-0.39, 0.29) is 19.1 Å². The van der Waals surface area contributed by atoms with Gasteiger partial charge in [0.1, 0.15) is 0 Å². The Morgan fingerprint density at radius 3 is 1.25 bits per heavy atom. The summed E-state index contributed by atoms with van der Waals surface area (Å²) in [6, 6.07) is 34.9. The SMILES string of the molecule is CCN(CC)c1ccc(C(CC=C(c2ccc(CCOC(=O)OC)cc2)c2ccc(CCOC(=O)OC)cc2)c2ccc(N(CC)CC)cc2)cc1. The van der Waals surface area contributed by atoms with Crippen LogP contribution in [0.25, 0.3) is 5.57 Å². The highest BCUT2D eigenvalue weighted by Gasteiger charge is 2.17. The molecule has 276 valence electrons. The van der Waals surface area contributed by atoms with Crippen LogP contribution in [0, 0.1) is 0 Å². The fourth-order valence-electron chi connectivity index (χ4n) is 6.44. The molecule has 0 bridgehead atoms. The molecular weight excluding hydrogens is 652 g/mol. The Bertz CT molecular complexity index is 1570. The maximum atomic E-state index is 11.4. The van der Waals surface area contributed by atoms with Crippen LogP contribution in [-0.4, -0.2) is 65.9 Å². The number of carbonyl (C=O) groups excluding carboxylic acids is 2. The fraction of sp³-hybridized carbons (Fsp3) is 0.364. The Kier molecular flexibility index (Phi) is 15.6.